The van der Waals surface area contributed by atoms with Crippen molar-refractivity contribution in [3.05, 3.63) is 24.0 Å². The maximum absolute atomic E-state index is 12.9. The molecule has 0 amide bonds. The molecule has 0 spiro atoms. The molecule has 0 saturated heterocycles. The average Bonchev–Trinajstić information content (AvgIpc) is 2.18. The van der Waals surface area contributed by atoms with Crippen LogP contribution in [0.2, 0.25) is 0 Å². The Balaban J connectivity index is 2.87. The Hall–Kier alpha value is -1.23. The van der Waals surface area contributed by atoms with Crippen molar-refractivity contribution >= 4 is 23.4 Å². The SMILES string of the molecule is CCC(Sc1cc(F)ccc1N)C(=O)O. The van der Waals surface area contributed by atoms with Crippen LogP contribution >= 0.6 is 11.8 Å². The molecule has 1 unspecified atom stereocenters. The van der Waals surface area contributed by atoms with Crippen molar-refractivity contribution in [3.63, 3.8) is 0 Å². The van der Waals surface area contributed by atoms with Crippen LogP contribution in [-0.2, 0) is 4.79 Å². The zero-order valence-electron chi connectivity index (χ0n) is 8.24. The first kappa shape index (κ1) is 11.8. The van der Waals surface area contributed by atoms with Crippen LogP contribution in [0.5, 0.6) is 0 Å². The number of carboxylic acids is 1. The largest absolute Gasteiger partial charge is 0.480 e. The summed E-state index contributed by atoms with van der Waals surface area (Å²) in [6.45, 7) is 1.77. The Morgan fingerprint density at radius 2 is 2.33 bits per heavy atom. The number of hydrogen-bond acceptors (Lipinski definition) is 3. The third-order valence-electron chi connectivity index (χ3n) is 1.89. The third-order valence-corrected chi connectivity index (χ3v) is 3.32. The molecule has 0 aromatic heterocycles. The van der Waals surface area contributed by atoms with Gasteiger partial charge in [-0.3, -0.25) is 4.79 Å². The molecule has 0 aliphatic rings. The second-order valence-electron chi connectivity index (χ2n) is 3.04. The van der Waals surface area contributed by atoms with Gasteiger partial charge in [-0.1, -0.05) is 6.92 Å². The van der Waals surface area contributed by atoms with E-state index < -0.39 is 17.0 Å². The fraction of sp³-hybridized carbons (Fsp3) is 0.300. The standard InChI is InChI=1S/C10H12FNO2S/c1-2-8(10(13)14)15-9-5-6(11)3-4-7(9)12/h3-5,8H,2,12H2,1H3,(H,13,14). The summed E-state index contributed by atoms with van der Waals surface area (Å²) in [7, 11) is 0. The quantitative estimate of drug-likeness (QED) is 0.614. The number of rotatable bonds is 4. The predicted octanol–water partition coefficient (Wildman–Crippen LogP) is 2.36. The number of nitrogen functional groups attached to an aromatic ring is 1. The van der Waals surface area contributed by atoms with Crippen molar-refractivity contribution in [1.82, 2.24) is 0 Å². The maximum atomic E-state index is 12.9. The topological polar surface area (TPSA) is 63.3 Å². The third kappa shape index (κ3) is 3.13. The van der Waals surface area contributed by atoms with E-state index in [1.54, 1.807) is 6.92 Å². The highest BCUT2D eigenvalue weighted by Crippen LogP contribution is 2.30. The second kappa shape index (κ2) is 5.02. The molecule has 3 N–H and O–H groups in total. The van der Waals surface area contributed by atoms with Gasteiger partial charge in [0.1, 0.15) is 11.1 Å². The summed E-state index contributed by atoms with van der Waals surface area (Å²) in [6.07, 6.45) is 0.468. The van der Waals surface area contributed by atoms with Gasteiger partial charge in [0.05, 0.1) is 0 Å². The molecule has 0 heterocycles. The Kier molecular flexibility index (Phi) is 3.96. The van der Waals surface area contributed by atoms with Gasteiger partial charge in [-0.05, 0) is 24.6 Å². The van der Waals surface area contributed by atoms with Crippen molar-refractivity contribution in [1.29, 1.82) is 0 Å². The van der Waals surface area contributed by atoms with Crippen LogP contribution in [-0.4, -0.2) is 16.3 Å². The van der Waals surface area contributed by atoms with Crippen LogP contribution in [0.3, 0.4) is 0 Å². The minimum absolute atomic E-state index is 0.404. The first-order valence-electron chi connectivity index (χ1n) is 4.49. The number of nitrogens with two attached hydrogens (primary N) is 1. The minimum Gasteiger partial charge on any atom is -0.480 e. The highest BCUT2D eigenvalue weighted by molar-refractivity contribution is 8.00. The van der Waals surface area contributed by atoms with Gasteiger partial charge >= 0.3 is 5.97 Å². The fourth-order valence-corrected chi connectivity index (χ4v) is 2.03. The maximum Gasteiger partial charge on any atom is 0.316 e. The van der Waals surface area contributed by atoms with Crippen LogP contribution in [0, 0.1) is 5.82 Å². The first-order chi connectivity index (χ1) is 7.04. The average molecular weight is 229 g/mol. The molecule has 1 rings (SSSR count). The Labute approximate surface area is 91.5 Å². The van der Waals surface area contributed by atoms with Crippen molar-refractivity contribution in [3.8, 4) is 0 Å². The van der Waals surface area contributed by atoms with Gasteiger partial charge in [-0.25, -0.2) is 4.39 Å². The lowest BCUT2D eigenvalue weighted by molar-refractivity contribution is -0.136. The van der Waals surface area contributed by atoms with Crippen molar-refractivity contribution in [2.24, 2.45) is 0 Å². The van der Waals surface area contributed by atoms with Gasteiger partial charge in [-0.15, -0.1) is 11.8 Å². The monoisotopic (exact) mass is 229 g/mol. The van der Waals surface area contributed by atoms with Gasteiger partial charge in [0.25, 0.3) is 0 Å². The van der Waals surface area contributed by atoms with Crippen LogP contribution in [0.1, 0.15) is 13.3 Å². The van der Waals surface area contributed by atoms with Crippen LogP contribution in [0.4, 0.5) is 10.1 Å². The smallest absolute Gasteiger partial charge is 0.316 e. The molecule has 0 aliphatic heterocycles. The molecule has 0 radical (unpaired) electrons. The number of halogens is 1. The van der Waals surface area contributed by atoms with E-state index in [1.165, 1.54) is 18.2 Å². The molecule has 1 aromatic rings. The van der Waals surface area contributed by atoms with E-state index in [9.17, 15) is 9.18 Å². The second-order valence-corrected chi connectivity index (χ2v) is 4.28. The Morgan fingerprint density at radius 3 is 2.87 bits per heavy atom. The number of aliphatic carboxylic acids is 1. The summed E-state index contributed by atoms with van der Waals surface area (Å²) in [5.74, 6) is -1.32. The molecule has 82 valence electrons. The van der Waals surface area contributed by atoms with Crippen LogP contribution in [0.15, 0.2) is 23.1 Å². The molecule has 5 heteroatoms. The number of thioether (sulfide) groups is 1. The highest BCUT2D eigenvalue weighted by atomic mass is 32.2. The molecular formula is C10H12FNO2S. The van der Waals surface area contributed by atoms with E-state index in [0.29, 0.717) is 17.0 Å². The van der Waals surface area contributed by atoms with Crippen molar-refractivity contribution in [2.75, 3.05) is 5.73 Å². The van der Waals surface area contributed by atoms with Crippen molar-refractivity contribution < 1.29 is 14.3 Å². The van der Waals surface area contributed by atoms with E-state index in [0.717, 1.165) is 11.8 Å². The molecule has 1 atom stereocenters. The Morgan fingerprint density at radius 1 is 1.67 bits per heavy atom. The van der Waals surface area contributed by atoms with Crippen molar-refractivity contribution in [2.45, 2.75) is 23.5 Å². The molecule has 1 aromatic carbocycles. The number of carboxylic acid groups (broad SMARTS) is 1. The predicted molar refractivity (Wildman–Crippen MR) is 58.4 cm³/mol. The van der Waals surface area contributed by atoms with E-state index in [1.807, 2.05) is 0 Å². The zero-order valence-corrected chi connectivity index (χ0v) is 9.05. The van der Waals surface area contributed by atoms with Gasteiger partial charge in [0, 0.05) is 10.6 Å². The molecule has 3 nitrogen and oxygen atoms in total. The minimum atomic E-state index is -0.911. The number of anilines is 1. The summed E-state index contributed by atoms with van der Waals surface area (Å²) in [5, 5.41) is 8.25. The lowest BCUT2D eigenvalue weighted by atomic mass is 10.3. The van der Waals surface area contributed by atoms with E-state index in [-0.39, 0.29) is 0 Å². The van der Waals surface area contributed by atoms with E-state index in [2.05, 4.69) is 0 Å². The van der Waals surface area contributed by atoms with Gasteiger partial charge in [0.2, 0.25) is 0 Å². The highest BCUT2D eigenvalue weighted by Gasteiger charge is 2.17. The normalized spacial score (nSPS) is 12.4. The fourth-order valence-electron chi connectivity index (χ4n) is 1.07. The summed E-state index contributed by atoms with van der Waals surface area (Å²) in [5.41, 5.74) is 6.02. The summed E-state index contributed by atoms with van der Waals surface area (Å²) < 4.78 is 12.9. The van der Waals surface area contributed by atoms with Gasteiger partial charge < -0.3 is 10.8 Å². The first-order valence-corrected chi connectivity index (χ1v) is 5.37. The van der Waals surface area contributed by atoms with Crippen LogP contribution < -0.4 is 5.73 Å². The molecule has 0 fully saturated rings. The molecule has 0 saturated carbocycles. The summed E-state index contributed by atoms with van der Waals surface area (Å²) in [4.78, 5) is 11.3. The zero-order chi connectivity index (χ0) is 11.4. The molecule has 0 aliphatic carbocycles. The summed E-state index contributed by atoms with van der Waals surface area (Å²) in [6, 6.07) is 3.94. The number of hydrogen-bond donors (Lipinski definition) is 2. The molecule has 15 heavy (non-hydrogen) atoms. The van der Waals surface area contributed by atoms with E-state index >= 15 is 0 Å². The van der Waals surface area contributed by atoms with Gasteiger partial charge in [-0.2, -0.15) is 0 Å². The summed E-state index contributed by atoms with van der Waals surface area (Å²) >= 11 is 1.07. The molecule has 0 bridgehead atoms. The van der Waals surface area contributed by atoms with Gasteiger partial charge in [0.15, 0.2) is 0 Å². The lowest BCUT2D eigenvalue weighted by Gasteiger charge is -2.11. The number of benzene rings is 1. The Bertz CT molecular complexity index is 370. The number of carbonyl (C=O) groups is 1. The van der Waals surface area contributed by atoms with E-state index in [4.69, 9.17) is 10.8 Å². The lowest BCUT2D eigenvalue weighted by Crippen LogP contribution is -2.15. The van der Waals surface area contributed by atoms with Crippen LogP contribution in [0.25, 0.3) is 0 Å². The molecular weight excluding hydrogens is 217 g/mol.